The van der Waals surface area contributed by atoms with E-state index in [-0.39, 0.29) is 18.5 Å². The molecule has 0 saturated carbocycles. The third-order valence-corrected chi connectivity index (χ3v) is 4.91. The number of carbonyl (C=O) groups excluding carboxylic acids is 3. The van der Waals surface area contributed by atoms with Crippen LogP contribution in [0.15, 0.2) is 24.3 Å². The van der Waals surface area contributed by atoms with Crippen LogP contribution < -0.4 is 15.4 Å². The van der Waals surface area contributed by atoms with Crippen LogP contribution in [0.5, 0.6) is 5.75 Å². The summed E-state index contributed by atoms with van der Waals surface area (Å²) in [5, 5.41) is 5.65. The highest BCUT2D eigenvalue weighted by molar-refractivity contribution is 6.09. The first-order chi connectivity index (χ1) is 12.0. The van der Waals surface area contributed by atoms with E-state index in [1.807, 2.05) is 19.9 Å². The molecule has 0 aromatic heterocycles. The molecule has 2 N–H and O–H groups in total. The van der Waals surface area contributed by atoms with Crippen LogP contribution in [0.1, 0.15) is 38.7 Å². The van der Waals surface area contributed by atoms with Gasteiger partial charge in [-0.05, 0) is 18.9 Å². The second-order valence-corrected chi connectivity index (χ2v) is 6.40. The molecule has 7 nitrogen and oxygen atoms in total. The summed E-state index contributed by atoms with van der Waals surface area (Å²) in [6.45, 7) is 4.02. The van der Waals surface area contributed by atoms with Crippen molar-refractivity contribution in [1.82, 2.24) is 15.5 Å². The lowest BCUT2D eigenvalue weighted by Gasteiger charge is -2.33. The Kier molecular flexibility index (Phi) is 4.65. The van der Waals surface area contributed by atoms with Gasteiger partial charge in [-0.2, -0.15) is 0 Å². The van der Waals surface area contributed by atoms with E-state index in [4.69, 9.17) is 4.74 Å². The van der Waals surface area contributed by atoms with Crippen molar-refractivity contribution in [1.29, 1.82) is 0 Å². The van der Waals surface area contributed by atoms with Gasteiger partial charge in [-0.25, -0.2) is 4.79 Å². The number of urea groups is 1. The highest BCUT2D eigenvalue weighted by Crippen LogP contribution is 2.40. The van der Waals surface area contributed by atoms with Crippen LogP contribution in [0.2, 0.25) is 0 Å². The largest absolute Gasteiger partial charge is 0.493 e. The fraction of sp³-hybridized carbons (Fsp3) is 0.500. The molecule has 25 heavy (non-hydrogen) atoms. The molecule has 1 atom stereocenters. The van der Waals surface area contributed by atoms with E-state index >= 15 is 0 Å². The Balaban J connectivity index is 1.81. The van der Waals surface area contributed by atoms with Crippen molar-refractivity contribution in [2.45, 2.75) is 44.7 Å². The Bertz CT molecular complexity index is 701. The summed E-state index contributed by atoms with van der Waals surface area (Å²) < 4.78 is 5.59. The zero-order valence-corrected chi connectivity index (χ0v) is 14.5. The topological polar surface area (TPSA) is 87.7 Å². The lowest BCUT2D eigenvalue weighted by Crippen LogP contribution is -2.48. The van der Waals surface area contributed by atoms with Gasteiger partial charge in [-0.15, -0.1) is 0 Å². The highest BCUT2D eigenvalue weighted by atomic mass is 16.5. The number of nitrogens with zero attached hydrogens (tertiary/aromatic N) is 1. The van der Waals surface area contributed by atoms with Crippen LogP contribution in [-0.2, 0) is 15.1 Å². The van der Waals surface area contributed by atoms with E-state index in [0.29, 0.717) is 24.3 Å². The van der Waals surface area contributed by atoms with Crippen molar-refractivity contribution in [2.75, 3.05) is 13.2 Å². The Morgan fingerprint density at radius 3 is 2.76 bits per heavy atom. The van der Waals surface area contributed by atoms with E-state index < -0.39 is 17.5 Å². The van der Waals surface area contributed by atoms with E-state index in [1.54, 1.807) is 18.2 Å². The molecular formula is C18H23N3O4. The Labute approximate surface area is 146 Å². The molecule has 1 fully saturated rings. The second-order valence-electron chi connectivity index (χ2n) is 6.40. The van der Waals surface area contributed by atoms with Gasteiger partial charge in [-0.3, -0.25) is 14.5 Å². The monoisotopic (exact) mass is 345 g/mol. The molecule has 1 spiro atoms. The number of imide groups is 1. The van der Waals surface area contributed by atoms with Gasteiger partial charge in [0.05, 0.1) is 6.61 Å². The normalized spacial score (nSPS) is 22.0. The molecule has 0 bridgehead atoms. The number of hydrogen-bond acceptors (Lipinski definition) is 4. The maximum Gasteiger partial charge on any atom is 0.325 e. The van der Waals surface area contributed by atoms with Gasteiger partial charge in [0.15, 0.2) is 5.54 Å². The number of ether oxygens (including phenoxy) is 1. The van der Waals surface area contributed by atoms with Gasteiger partial charge in [0.1, 0.15) is 12.3 Å². The van der Waals surface area contributed by atoms with Crippen molar-refractivity contribution < 1.29 is 19.1 Å². The molecule has 134 valence electrons. The highest BCUT2D eigenvalue weighted by Gasteiger charge is 2.55. The van der Waals surface area contributed by atoms with E-state index in [1.165, 1.54) is 0 Å². The Morgan fingerprint density at radius 1 is 1.32 bits per heavy atom. The summed E-state index contributed by atoms with van der Waals surface area (Å²) in [4.78, 5) is 38.6. The molecule has 1 aromatic carbocycles. The molecule has 2 aliphatic heterocycles. The Morgan fingerprint density at radius 2 is 2.04 bits per heavy atom. The molecule has 0 unspecified atom stereocenters. The number of fused-ring (bicyclic) bond motifs is 2. The minimum Gasteiger partial charge on any atom is -0.493 e. The molecule has 0 radical (unpaired) electrons. The Hall–Kier alpha value is -2.57. The van der Waals surface area contributed by atoms with Crippen molar-refractivity contribution in [3.8, 4) is 5.75 Å². The predicted molar refractivity (Wildman–Crippen MR) is 91.0 cm³/mol. The number of benzene rings is 1. The second kappa shape index (κ2) is 6.74. The fourth-order valence-corrected chi connectivity index (χ4v) is 3.43. The number of nitrogens with one attached hydrogen (secondary N) is 2. The maximum absolute atomic E-state index is 13.0. The lowest BCUT2D eigenvalue weighted by atomic mass is 9.84. The lowest BCUT2D eigenvalue weighted by molar-refractivity contribution is -0.136. The molecule has 0 aliphatic carbocycles. The molecule has 1 aromatic rings. The van der Waals surface area contributed by atoms with Gasteiger partial charge in [0.2, 0.25) is 5.91 Å². The van der Waals surface area contributed by atoms with Crippen molar-refractivity contribution in [3.05, 3.63) is 29.8 Å². The smallest absolute Gasteiger partial charge is 0.325 e. The van der Waals surface area contributed by atoms with Gasteiger partial charge in [0.25, 0.3) is 5.91 Å². The van der Waals surface area contributed by atoms with E-state index in [0.717, 1.165) is 17.7 Å². The van der Waals surface area contributed by atoms with Gasteiger partial charge >= 0.3 is 6.03 Å². The summed E-state index contributed by atoms with van der Waals surface area (Å²) in [5.74, 6) is -0.131. The van der Waals surface area contributed by atoms with E-state index in [2.05, 4.69) is 10.6 Å². The molecule has 4 amide bonds. The molecule has 2 aliphatic rings. The van der Waals surface area contributed by atoms with Crippen molar-refractivity contribution in [2.24, 2.45) is 0 Å². The summed E-state index contributed by atoms with van der Waals surface area (Å²) >= 11 is 0. The number of carbonyl (C=O) groups is 3. The molecule has 7 heteroatoms. The first-order valence-electron chi connectivity index (χ1n) is 8.67. The summed E-state index contributed by atoms with van der Waals surface area (Å²) in [7, 11) is 0. The maximum atomic E-state index is 13.0. The minimum atomic E-state index is -1.14. The summed E-state index contributed by atoms with van der Waals surface area (Å²) in [6, 6.07) is 6.68. The average Bonchev–Trinajstić information content (AvgIpc) is 2.85. The van der Waals surface area contributed by atoms with Gasteiger partial charge in [0, 0.05) is 18.0 Å². The molecular weight excluding hydrogens is 322 g/mol. The SMILES string of the molecule is CCC(CC)NC(=O)CN1C(=O)N[C@@]2(CCOc3ccccc32)C1=O. The van der Waals surface area contributed by atoms with Crippen LogP contribution in [0.3, 0.4) is 0 Å². The van der Waals surface area contributed by atoms with Crippen LogP contribution in [-0.4, -0.2) is 41.9 Å². The average molecular weight is 345 g/mol. The predicted octanol–water partition coefficient (Wildman–Crippen LogP) is 1.52. The zero-order chi connectivity index (χ0) is 18.0. The third-order valence-electron chi connectivity index (χ3n) is 4.91. The number of para-hydroxylation sites is 1. The molecule has 2 heterocycles. The summed E-state index contributed by atoms with van der Waals surface area (Å²) in [6.07, 6.45) is 1.95. The number of rotatable bonds is 5. The summed E-state index contributed by atoms with van der Waals surface area (Å²) in [5.41, 5.74) is -0.497. The standard InChI is InChI=1S/C18H23N3O4/c1-3-12(4-2)19-15(22)11-21-16(23)18(20-17(21)24)9-10-25-14-8-6-5-7-13(14)18/h5-8,12H,3-4,9-11H2,1-2H3,(H,19,22)(H,20,24)/t18-/m1/s1. The fourth-order valence-electron chi connectivity index (χ4n) is 3.43. The third kappa shape index (κ3) is 2.94. The van der Waals surface area contributed by atoms with Crippen molar-refractivity contribution >= 4 is 17.8 Å². The molecule has 3 rings (SSSR count). The van der Waals surface area contributed by atoms with Crippen LogP contribution >= 0.6 is 0 Å². The number of hydrogen-bond donors (Lipinski definition) is 2. The first-order valence-corrected chi connectivity index (χ1v) is 8.67. The zero-order valence-electron chi connectivity index (χ0n) is 14.5. The van der Waals surface area contributed by atoms with Crippen molar-refractivity contribution in [3.63, 3.8) is 0 Å². The van der Waals surface area contributed by atoms with Crippen LogP contribution in [0.4, 0.5) is 4.79 Å². The van der Waals surface area contributed by atoms with Gasteiger partial charge in [-0.1, -0.05) is 32.0 Å². The first kappa shape index (κ1) is 17.3. The molecule has 1 saturated heterocycles. The van der Waals surface area contributed by atoms with Crippen LogP contribution in [0.25, 0.3) is 0 Å². The van der Waals surface area contributed by atoms with Gasteiger partial charge < -0.3 is 15.4 Å². The van der Waals surface area contributed by atoms with Crippen LogP contribution in [0, 0.1) is 0 Å². The minimum absolute atomic E-state index is 0.0473. The number of amides is 4. The van der Waals surface area contributed by atoms with E-state index in [9.17, 15) is 14.4 Å². The quantitative estimate of drug-likeness (QED) is 0.792.